The summed E-state index contributed by atoms with van der Waals surface area (Å²) in [5, 5.41) is 3.99. The van der Waals surface area contributed by atoms with E-state index in [0.29, 0.717) is 18.6 Å². The molecule has 0 bridgehead atoms. The summed E-state index contributed by atoms with van der Waals surface area (Å²) in [7, 11) is 0. The van der Waals surface area contributed by atoms with Crippen LogP contribution in [-0.4, -0.2) is 22.9 Å². The van der Waals surface area contributed by atoms with Gasteiger partial charge in [0.05, 0.1) is 6.61 Å². The highest BCUT2D eigenvalue weighted by atomic mass is 32.2. The molecule has 0 radical (unpaired) electrons. The number of fused-ring (bicyclic) bond motifs is 3. The lowest BCUT2D eigenvalue weighted by Crippen LogP contribution is -2.12. The number of hydrogen-bond acceptors (Lipinski definition) is 4. The minimum absolute atomic E-state index is 0.0799. The Kier molecular flexibility index (Phi) is 3.54. The highest BCUT2D eigenvalue weighted by molar-refractivity contribution is 8.15. The van der Waals surface area contributed by atoms with Gasteiger partial charge in [0, 0.05) is 12.0 Å². The third-order valence-corrected chi connectivity index (χ3v) is 5.28. The van der Waals surface area contributed by atoms with Crippen LogP contribution in [0.4, 0.5) is 0 Å². The fourth-order valence-corrected chi connectivity index (χ4v) is 3.81. The number of hydrogen-bond donors (Lipinski definition) is 0. The summed E-state index contributed by atoms with van der Waals surface area (Å²) in [5.41, 5.74) is 0.624. The van der Waals surface area contributed by atoms with Gasteiger partial charge in [0.2, 0.25) is 5.12 Å². The predicted octanol–water partition coefficient (Wildman–Crippen LogP) is 4.18. The molecule has 4 rings (SSSR count). The van der Waals surface area contributed by atoms with Gasteiger partial charge >= 0.3 is 5.97 Å². The van der Waals surface area contributed by atoms with E-state index in [0.717, 1.165) is 33.3 Å². The fraction of sp³-hybridized carbons (Fsp3) is 0.158. The average molecular weight is 322 g/mol. The van der Waals surface area contributed by atoms with E-state index in [9.17, 15) is 9.59 Å². The van der Waals surface area contributed by atoms with Crippen molar-refractivity contribution in [1.29, 1.82) is 0 Å². The van der Waals surface area contributed by atoms with Gasteiger partial charge in [0.15, 0.2) is 0 Å². The first-order valence-corrected chi connectivity index (χ1v) is 8.39. The van der Waals surface area contributed by atoms with Crippen LogP contribution in [0.5, 0.6) is 0 Å². The summed E-state index contributed by atoms with van der Waals surface area (Å²) >= 11 is 1.07. The summed E-state index contributed by atoms with van der Waals surface area (Å²) < 4.78 is 4.92. The minimum atomic E-state index is -0.370. The van der Waals surface area contributed by atoms with Gasteiger partial charge in [-0.15, -0.1) is 0 Å². The number of carbonyl (C=O) groups is 2. The van der Waals surface area contributed by atoms with Crippen LogP contribution in [0.1, 0.15) is 16.8 Å². The maximum atomic E-state index is 12.5. The molecular formula is C19H14O3S. The second-order valence-corrected chi connectivity index (χ2v) is 6.75. The number of esters is 1. The van der Waals surface area contributed by atoms with Gasteiger partial charge in [-0.2, -0.15) is 0 Å². The zero-order chi connectivity index (χ0) is 15.8. The van der Waals surface area contributed by atoms with Crippen LogP contribution in [-0.2, 0) is 9.53 Å². The first-order valence-electron chi connectivity index (χ1n) is 7.51. The van der Waals surface area contributed by atoms with Gasteiger partial charge < -0.3 is 4.74 Å². The molecule has 1 unspecified atom stereocenters. The van der Waals surface area contributed by atoms with Gasteiger partial charge in [0.25, 0.3) is 0 Å². The van der Waals surface area contributed by atoms with Gasteiger partial charge in [-0.05, 0) is 33.7 Å². The maximum Gasteiger partial charge on any atom is 0.319 e. The monoisotopic (exact) mass is 322 g/mol. The molecule has 1 aliphatic heterocycles. The molecule has 0 N–H and O–H groups in total. The number of thioether (sulfide) groups is 1. The topological polar surface area (TPSA) is 43.4 Å². The number of ether oxygens (including phenoxy) is 1. The summed E-state index contributed by atoms with van der Waals surface area (Å²) in [6.07, 6.45) is 0.603. The Hall–Kier alpha value is -2.33. The lowest BCUT2D eigenvalue weighted by atomic mass is 10.0. The number of rotatable bonds is 2. The standard InChI is InChI=1S/C19H14O3S/c20-18-17(9-10-22-18)23-19(21)14-8-7-13-6-5-12-3-1-2-4-15(12)16(13)11-14/h1-8,11,17H,9-10H2. The smallest absolute Gasteiger partial charge is 0.319 e. The van der Waals surface area contributed by atoms with E-state index in [1.54, 1.807) is 0 Å². The Bertz CT molecular complexity index is 932. The van der Waals surface area contributed by atoms with Gasteiger partial charge in [0.1, 0.15) is 5.25 Å². The van der Waals surface area contributed by atoms with Gasteiger partial charge in [-0.3, -0.25) is 9.59 Å². The molecule has 0 saturated carbocycles. The molecule has 3 aromatic carbocycles. The van der Waals surface area contributed by atoms with E-state index < -0.39 is 0 Å². The SMILES string of the molecule is O=C(SC1CCOC1=O)c1ccc2ccc3ccccc3c2c1. The molecule has 3 nitrogen and oxygen atoms in total. The Morgan fingerprint density at radius 2 is 1.74 bits per heavy atom. The molecule has 0 amide bonds. The third kappa shape index (κ3) is 2.59. The van der Waals surface area contributed by atoms with Crippen LogP contribution in [0.3, 0.4) is 0 Å². The van der Waals surface area contributed by atoms with Gasteiger partial charge in [-0.1, -0.05) is 54.2 Å². The molecule has 1 aliphatic rings. The van der Waals surface area contributed by atoms with Crippen molar-refractivity contribution in [2.24, 2.45) is 0 Å². The molecule has 3 aromatic rings. The number of benzene rings is 3. The molecule has 1 saturated heterocycles. The second-order valence-electron chi connectivity index (χ2n) is 5.57. The summed E-state index contributed by atoms with van der Waals surface area (Å²) in [6.45, 7) is 0.409. The van der Waals surface area contributed by atoms with Crippen LogP contribution >= 0.6 is 11.8 Å². The van der Waals surface area contributed by atoms with Crippen molar-refractivity contribution in [2.45, 2.75) is 11.7 Å². The van der Waals surface area contributed by atoms with E-state index in [-0.39, 0.29) is 16.3 Å². The molecule has 0 spiro atoms. The Balaban J connectivity index is 1.74. The molecule has 23 heavy (non-hydrogen) atoms. The molecule has 4 heteroatoms. The quantitative estimate of drug-likeness (QED) is 0.524. The molecule has 1 heterocycles. The molecule has 114 valence electrons. The van der Waals surface area contributed by atoms with Crippen molar-refractivity contribution in [3.05, 3.63) is 60.2 Å². The van der Waals surface area contributed by atoms with Gasteiger partial charge in [-0.25, -0.2) is 0 Å². The lowest BCUT2D eigenvalue weighted by Gasteiger charge is -2.08. The Labute approximate surface area is 137 Å². The van der Waals surface area contributed by atoms with Crippen molar-refractivity contribution in [3.63, 3.8) is 0 Å². The highest BCUT2D eigenvalue weighted by Crippen LogP contribution is 2.30. The van der Waals surface area contributed by atoms with E-state index in [1.807, 2.05) is 30.3 Å². The zero-order valence-electron chi connectivity index (χ0n) is 12.3. The second kappa shape index (κ2) is 5.70. The molecule has 0 aliphatic carbocycles. The van der Waals surface area contributed by atoms with Crippen molar-refractivity contribution < 1.29 is 14.3 Å². The third-order valence-electron chi connectivity index (χ3n) is 4.12. The first-order chi connectivity index (χ1) is 11.2. The van der Waals surface area contributed by atoms with Crippen LogP contribution in [0.2, 0.25) is 0 Å². The van der Waals surface area contributed by atoms with E-state index in [2.05, 4.69) is 24.3 Å². The largest absolute Gasteiger partial charge is 0.465 e. The molecular weight excluding hydrogens is 308 g/mol. The van der Waals surface area contributed by atoms with Crippen molar-refractivity contribution in [3.8, 4) is 0 Å². The maximum absolute atomic E-state index is 12.5. The van der Waals surface area contributed by atoms with Crippen molar-refractivity contribution >= 4 is 44.4 Å². The molecule has 1 fully saturated rings. The minimum Gasteiger partial charge on any atom is -0.465 e. The molecule has 1 atom stereocenters. The van der Waals surface area contributed by atoms with Crippen molar-refractivity contribution in [1.82, 2.24) is 0 Å². The van der Waals surface area contributed by atoms with E-state index in [1.165, 1.54) is 0 Å². The predicted molar refractivity (Wildman–Crippen MR) is 92.7 cm³/mol. The normalized spacial score (nSPS) is 17.6. The Morgan fingerprint density at radius 1 is 1.00 bits per heavy atom. The van der Waals surface area contributed by atoms with Crippen molar-refractivity contribution in [2.75, 3.05) is 6.61 Å². The number of cyclic esters (lactones) is 1. The number of carbonyl (C=O) groups excluding carboxylic acids is 2. The lowest BCUT2D eigenvalue weighted by molar-refractivity contribution is -0.137. The zero-order valence-corrected chi connectivity index (χ0v) is 13.1. The van der Waals surface area contributed by atoms with E-state index in [4.69, 9.17) is 4.74 Å². The van der Waals surface area contributed by atoms with Crippen LogP contribution in [0, 0.1) is 0 Å². The highest BCUT2D eigenvalue weighted by Gasteiger charge is 2.29. The van der Waals surface area contributed by atoms with Crippen LogP contribution in [0.15, 0.2) is 54.6 Å². The molecule has 0 aromatic heterocycles. The fourth-order valence-electron chi connectivity index (χ4n) is 2.91. The summed E-state index contributed by atoms with van der Waals surface area (Å²) in [4.78, 5) is 24.0. The summed E-state index contributed by atoms with van der Waals surface area (Å²) in [5.74, 6) is -0.283. The van der Waals surface area contributed by atoms with Crippen LogP contribution in [0.25, 0.3) is 21.5 Å². The van der Waals surface area contributed by atoms with E-state index >= 15 is 0 Å². The average Bonchev–Trinajstić information content (AvgIpc) is 2.99. The summed E-state index contributed by atoms with van der Waals surface area (Å²) in [6, 6.07) is 18.0. The first kappa shape index (κ1) is 14.3. The Morgan fingerprint density at radius 3 is 2.52 bits per heavy atom. The van der Waals surface area contributed by atoms with Crippen LogP contribution < -0.4 is 0 Å².